The van der Waals surface area contributed by atoms with Crippen molar-refractivity contribution < 1.29 is 4.79 Å². The molecule has 2 nitrogen and oxygen atoms in total. The van der Waals surface area contributed by atoms with Crippen LogP contribution in [0.4, 0.5) is 0 Å². The van der Waals surface area contributed by atoms with Gasteiger partial charge in [0.05, 0.1) is 0 Å². The fourth-order valence-corrected chi connectivity index (χ4v) is 1.57. The first-order chi connectivity index (χ1) is 8.52. The number of piperidine rings is 1. The van der Waals surface area contributed by atoms with Gasteiger partial charge in [0.25, 0.3) is 0 Å². The molecule has 1 aliphatic rings. The van der Waals surface area contributed by atoms with E-state index in [2.05, 4.69) is 27.7 Å². The van der Waals surface area contributed by atoms with E-state index in [1.807, 2.05) is 39.5 Å². The summed E-state index contributed by atoms with van der Waals surface area (Å²) in [5.74, 6) is 0.308. The maximum atomic E-state index is 11.7. The van der Waals surface area contributed by atoms with Crippen molar-refractivity contribution >= 4 is 5.91 Å². The van der Waals surface area contributed by atoms with Crippen molar-refractivity contribution in [1.29, 1.82) is 0 Å². The van der Waals surface area contributed by atoms with Gasteiger partial charge in [-0.15, -0.1) is 0 Å². The average molecular weight is 271 g/mol. The van der Waals surface area contributed by atoms with E-state index in [4.69, 9.17) is 0 Å². The largest absolute Gasteiger partial charge is 0.342 e. The Kier molecular flexibility index (Phi) is 10.3. The van der Waals surface area contributed by atoms with Gasteiger partial charge in [-0.25, -0.2) is 0 Å². The minimum atomic E-state index is -0.197. The van der Waals surface area contributed by atoms with Crippen LogP contribution in [0.3, 0.4) is 0 Å². The van der Waals surface area contributed by atoms with Crippen LogP contribution in [0.1, 0.15) is 81.6 Å². The van der Waals surface area contributed by atoms with Gasteiger partial charge in [0.15, 0.2) is 0 Å². The predicted molar refractivity (Wildman–Crippen MR) is 86.4 cm³/mol. The highest BCUT2D eigenvalue weighted by molar-refractivity contribution is 5.81. The molecule has 0 aromatic rings. The summed E-state index contributed by atoms with van der Waals surface area (Å²) >= 11 is 0. The lowest BCUT2D eigenvalue weighted by atomic mass is 9.93. The Morgan fingerprint density at radius 2 is 1.11 bits per heavy atom. The summed E-state index contributed by atoms with van der Waals surface area (Å²) < 4.78 is 0. The van der Waals surface area contributed by atoms with Gasteiger partial charge in [0, 0.05) is 18.5 Å². The van der Waals surface area contributed by atoms with E-state index >= 15 is 0 Å². The van der Waals surface area contributed by atoms with Crippen molar-refractivity contribution in [2.75, 3.05) is 13.1 Å². The highest BCUT2D eigenvalue weighted by Crippen LogP contribution is 2.20. The molecule has 0 atom stereocenters. The molecule has 0 N–H and O–H groups in total. The fraction of sp³-hybridized carbons (Fsp3) is 0.941. The van der Waals surface area contributed by atoms with Crippen LogP contribution in [0, 0.1) is 10.8 Å². The number of carbonyl (C=O) groups is 1. The third-order valence-corrected chi connectivity index (χ3v) is 2.28. The number of hydrogen-bond donors (Lipinski definition) is 0. The third kappa shape index (κ3) is 13.7. The first-order valence-electron chi connectivity index (χ1n) is 7.81. The maximum Gasteiger partial charge on any atom is 0.227 e. The van der Waals surface area contributed by atoms with E-state index in [1.54, 1.807) is 0 Å². The lowest BCUT2D eigenvalue weighted by molar-refractivity contribution is -0.140. The van der Waals surface area contributed by atoms with Crippen LogP contribution in [0.15, 0.2) is 0 Å². The zero-order chi connectivity index (χ0) is 15.7. The standard InChI is InChI=1S/C10H19NO.C5H12.C2H6/c1-10(2,3)9(12)11-7-5-4-6-8-11;1-5(2,3)4;1-2/h4-8H2,1-3H3;1-4H3;1-2H3. The zero-order valence-electron chi connectivity index (χ0n) is 14.9. The van der Waals surface area contributed by atoms with Gasteiger partial charge in [-0.1, -0.05) is 62.3 Å². The monoisotopic (exact) mass is 271 g/mol. The summed E-state index contributed by atoms with van der Waals surface area (Å²) in [4.78, 5) is 13.7. The smallest absolute Gasteiger partial charge is 0.227 e. The molecule has 1 rings (SSSR count). The maximum absolute atomic E-state index is 11.7. The highest BCUT2D eigenvalue weighted by atomic mass is 16.2. The van der Waals surface area contributed by atoms with Crippen LogP contribution in [-0.2, 0) is 4.79 Å². The van der Waals surface area contributed by atoms with Crippen molar-refractivity contribution in [2.24, 2.45) is 10.8 Å². The van der Waals surface area contributed by atoms with E-state index in [0.29, 0.717) is 11.3 Å². The van der Waals surface area contributed by atoms with Crippen LogP contribution < -0.4 is 0 Å². The number of nitrogens with zero attached hydrogens (tertiary/aromatic N) is 1. The lowest BCUT2D eigenvalue weighted by Crippen LogP contribution is -2.42. The molecule has 0 aromatic heterocycles. The normalized spacial score (nSPS) is 15.7. The number of carbonyl (C=O) groups excluding carboxylic acids is 1. The average Bonchev–Trinajstić information content (AvgIpc) is 2.28. The summed E-state index contributed by atoms with van der Waals surface area (Å²) in [6, 6.07) is 0. The summed E-state index contributed by atoms with van der Waals surface area (Å²) in [6.07, 6.45) is 3.65. The second-order valence-corrected chi connectivity index (χ2v) is 7.60. The number of likely N-dealkylation sites (tertiary alicyclic amines) is 1. The molecule has 116 valence electrons. The Morgan fingerprint density at radius 1 is 0.789 bits per heavy atom. The Balaban J connectivity index is 0. The molecule has 0 saturated carbocycles. The van der Waals surface area contributed by atoms with Crippen LogP contribution in [0.2, 0.25) is 0 Å². The predicted octanol–water partition coefficient (Wildman–Crippen LogP) is 5.12. The number of hydrogen-bond acceptors (Lipinski definition) is 1. The highest BCUT2D eigenvalue weighted by Gasteiger charge is 2.27. The van der Waals surface area contributed by atoms with E-state index in [0.717, 1.165) is 13.1 Å². The molecule has 2 heteroatoms. The van der Waals surface area contributed by atoms with Gasteiger partial charge in [-0.2, -0.15) is 0 Å². The summed E-state index contributed by atoms with van der Waals surface area (Å²) in [5.41, 5.74) is 0.303. The van der Waals surface area contributed by atoms with Crippen LogP contribution in [0.25, 0.3) is 0 Å². The van der Waals surface area contributed by atoms with Crippen LogP contribution >= 0.6 is 0 Å². The summed E-state index contributed by atoms with van der Waals surface area (Å²) in [7, 11) is 0. The van der Waals surface area contributed by atoms with E-state index in [9.17, 15) is 4.79 Å². The molecule has 0 spiro atoms. The number of amides is 1. The second kappa shape index (κ2) is 9.39. The Labute approximate surface area is 122 Å². The van der Waals surface area contributed by atoms with Crippen LogP contribution in [0.5, 0.6) is 0 Å². The Bertz CT molecular complexity index is 221. The van der Waals surface area contributed by atoms with Gasteiger partial charge in [0.2, 0.25) is 5.91 Å². The molecule has 1 saturated heterocycles. The minimum Gasteiger partial charge on any atom is -0.342 e. The van der Waals surface area contributed by atoms with Crippen molar-refractivity contribution in [3.05, 3.63) is 0 Å². The van der Waals surface area contributed by atoms with Crippen molar-refractivity contribution in [1.82, 2.24) is 4.90 Å². The molecule has 0 aliphatic carbocycles. The van der Waals surface area contributed by atoms with E-state index in [-0.39, 0.29) is 5.41 Å². The molecule has 19 heavy (non-hydrogen) atoms. The first-order valence-corrected chi connectivity index (χ1v) is 7.81. The molecule has 0 bridgehead atoms. The van der Waals surface area contributed by atoms with E-state index < -0.39 is 0 Å². The molecule has 0 unspecified atom stereocenters. The fourth-order valence-electron chi connectivity index (χ4n) is 1.57. The molecular formula is C17H37NO. The second-order valence-electron chi connectivity index (χ2n) is 7.60. The van der Waals surface area contributed by atoms with Gasteiger partial charge >= 0.3 is 0 Å². The topological polar surface area (TPSA) is 20.3 Å². The SMILES string of the molecule is CC.CC(C)(C)C.CC(C)(C)C(=O)N1CCCCC1. The summed E-state index contributed by atoms with van der Waals surface area (Å²) in [5, 5.41) is 0. The molecule has 1 aliphatic heterocycles. The Hall–Kier alpha value is -0.530. The van der Waals surface area contributed by atoms with Crippen molar-refractivity contribution in [2.45, 2.75) is 81.6 Å². The molecule has 1 fully saturated rings. The molecule has 1 amide bonds. The summed E-state index contributed by atoms with van der Waals surface area (Å²) in [6.45, 7) is 20.7. The quantitative estimate of drug-likeness (QED) is 0.598. The van der Waals surface area contributed by atoms with Gasteiger partial charge in [-0.05, 0) is 24.7 Å². The van der Waals surface area contributed by atoms with Gasteiger partial charge in [-0.3, -0.25) is 4.79 Å². The van der Waals surface area contributed by atoms with Crippen LogP contribution in [-0.4, -0.2) is 23.9 Å². The van der Waals surface area contributed by atoms with Gasteiger partial charge < -0.3 is 4.90 Å². The zero-order valence-corrected chi connectivity index (χ0v) is 14.9. The first kappa shape index (κ1) is 20.8. The molecule has 0 radical (unpaired) electrons. The molecule has 0 aromatic carbocycles. The van der Waals surface area contributed by atoms with Crippen molar-refractivity contribution in [3.8, 4) is 0 Å². The lowest BCUT2D eigenvalue weighted by Gasteiger charge is -2.32. The molecular weight excluding hydrogens is 234 g/mol. The molecule has 1 heterocycles. The minimum absolute atomic E-state index is 0.197. The third-order valence-electron chi connectivity index (χ3n) is 2.28. The number of rotatable bonds is 0. The van der Waals surface area contributed by atoms with Crippen molar-refractivity contribution in [3.63, 3.8) is 0 Å². The van der Waals surface area contributed by atoms with Gasteiger partial charge in [0.1, 0.15) is 0 Å². The Morgan fingerprint density at radius 3 is 1.37 bits per heavy atom. The van der Waals surface area contributed by atoms with E-state index in [1.165, 1.54) is 19.3 Å².